The van der Waals surface area contributed by atoms with Crippen LogP contribution in [0.1, 0.15) is 84.0 Å². The molecule has 5 nitrogen and oxygen atoms in total. The zero-order valence-electron chi connectivity index (χ0n) is 15.1. The molecule has 0 aliphatic carbocycles. The third kappa shape index (κ3) is 27.1. The average molecular weight is 339 g/mol. The van der Waals surface area contributed by atoms with Crippen molar-refractivity contribution in [2.45, 2.75) is 90.0 Å². The summed E-state index contributed by atoms with van der Waals surface area (Å²) >= 11 is 0. The topological polar surface area (TPSA) is 101 Å². The van der Waals surface area contributed by atoms with Gasteiger partial charge < -0.3 is 22.9 Å². The molecule has 4 N–H and O–H groups in total. The first kappa shape index (κ1) is 27.7. The quantitative estimate of drug-likeness (QED) is 0.264. The van der Waals surface area contributed by atoms with Crippen LogP contribution in [0.4, 0.5) is 0 Å². The van der Waals surface area contributed by atoms with Crippen molar-refractivity contribution < 1.29 is 49.4 Å². The molecule has 0 heterocycles. The third-order valence-corrected chi connectivity index (χ3v) is 3.34. The van der Waals surface area contributed by atoms with Crippen molar-refractivity contribution in [3.63, 3.8) is 0 Å². The van der Waals surface area contributed by atoms with Gasteiger partial charge in [-0.2, -0.15) is 6.42 Å². The van der Waals surface area contributed by atoms with E-state index in [4.69, 9.17) is 15.9 Å². The first-order valence-corrected chi connectivity index (χ1v) is 8.45. The van der Waals surface area contributed by atoms with Crippen molar-refractivity contribution in [1.82, 2.24) is 0 Å². The Morgan fingerprint density at radius 2 is 1.39 bits per heavy atom. The molecule has 0 spiro atoms. The maximum absolute atomic E-state index is 9.99. The minimum absolute atomic E-state index is 0. The molecule has 0 aromatic rings. The van der Waals surface area contributed by atoms with Gasteiger partial charge in [-0.25, -0.2) is 0 Å². The monoisotopic (exact) mass is 339 g/mol. The first-order chi connectivity index (χ1) is 10.5. The number of rotatable bonds is 13. The zero-order chi connectivity index (χ0) is 17.2. The summed E-state index contributed by atoms with van der Waals surface area (Å²) in [6.45, 7) is 6.12. The summed E-state index contributed by atoms with van der Waals surface area (Å²) in [7, 11) is 0. The Balaban J connectivity index is -0.000000338. The van der Waals surface area contributed by atoms with E-state index in [0.29, 0.717) is 0 Å². The summed E-state index contributed by atoms with van der Waals surface area (Å²) in [5, 5.41) is 16.3. The molecule has 1 unspecified atom stereocenters. The van der Waals surface area contributed by atoms with Crippen molar-refractivity contribution in [3.05, 3.63) is 6.92 Å². The molecule has 0 aromatic heterocycles. The van der Waals surface area contributed by atoms with Gasteiger partial charge in [0.05, 0.1) is 0 Å². The second-order valence-electron chi connectivity index (χ2n) is 5.56. The van der Waals surface area contributed by atoms with E-state index < -0.39 is 18.0 Å². The molecule has 0 fully saturated rings. The van der Waals surface area contributed by atoms with Crippen LogP contribution in [-0.4, -0.2) is 28.2 Å². The van der Waals surface area contributed by atoms with E-state index in [2.05, 4.69) is 13.8 Å². The summed E-state index contributed by atoms with van der Waals surface area (Å²) in [5.74, 6) is -2.20. The normalized spacial score (nSPS) is 10.9. The molecule has 0 aromatic carbocycles. The van der Waals surface area contributed by atoms with Crippen LogP contribution in [-0.2, 0) is 9.59 Å². The molecule has 0 aliphatic rings. The first-order valence-electron chi connectivity index (χ1n) is 8.45. The Labute approximate surface area is 163 Å². The molecular weight excluding hydrogens is 305 g/mol. The molecule has 0 saturated heterocycles. The number of hydrogen-bond acceptors (Lipinski definition) is 3. The Morgan fingerprint density at radius 1 is 0.957 bits per heavy atom. The molecule has 0 radical (unpaired) electrons. The molecular formula is C17H34NNaO4. The molecule has 1 atom stereocenters. The van der Waals surface area contributed by atoms with E-state index in [1.54, 1.807) is 0 Å². The van der Waals surface area contributed by atoms with Gasteiger partial charge in [-0.05, 0) is 6.42 Å². The number of carboxylic acids is 2. The Bertz CT molecular complexity index is 265. The fraction of sp³-hybridized carbons (Fsp3) is 0.824. The standard InChI is InChI=1S/C12H25.C5H9NO4.Na/c1-3-5-7-9-11-12-10-8-6-4-2;6-3(5(9)10)1-2-4(7)8;/h1,3-12H2,2H3;3H,1-2,6H2,(H,7,8)(H,9,10);/q-1;;+1. The van der Waals surface area contributed by atoms with Gasteiger partial charge in [0.2, 0.25) is 0 Å². The van der Waals surface area contributed by atoms with Crippen LogP contribution in [0.3, 0.4) is 0 Å². The minimum Gasteiger partial charge on any atom is -0.481 e. The van der Waals surface area contributed by atoms with Crippen LogP contribution >= 0.6 is 0 Å². The van der Waals surface area contributed by atoms with Gasteiger partial charge in [0.15, 0.2) is 0 Å². The van der Waals surface area contributed by atoms with Gasteiger partial charge in [0.25, 0.3) is 0 Å². The minimum atomic E-state index is -1.17. The van der Waals surface area contributed by atoms with E-state index in [-0.39, 0.29) is 42.4 Å². The van der Waals surface area contributed by atoms with Gasteiger partial charge in [-0.1, -0.05) is 64.7 Å². The van der Waals surface area contributed by atoms with Crippen molar-refractivity contribution in [2.75, 3.05) is 0 Å². The van der Waals surface area contributed by atoms with E-state index >= 15 is 0 Å². The molecule has 0 bridgehead atoms. The number of hydrogen-bond donors (Lipinski definition) is 3. The summed E-state index contributed by atoms with van der Waals surface area (Å²) < 4.78 is 0. The van der Waals surface area contributed by atoms with Crippen LogP contribution in [0.2, 0.25) is 0 Å². The maximum atomic E-state index is 9.99. The van der Waals surface area contributed by atoms with Crippen molar-refractivity contribution in [2.24, 2.45) is 5.73 Å². The summed E-state index contributed by atoms with van der Waals surface area (Å²) in [6.07, 6.45) is 13.7. The third-order valence-electron chi connectivity index (χ3n) is 3.34. The fourth-order valence-corrected chi connectivity index (χ4v) is 1.89. The van der Waals surface area contributed by atoms with Crippen molar-refractivity contribution in [1.29, 1.82) is 0 Å². The summed E-state index contributed by atoms with van der Waals surface area (Å²) in [5.41, 5.74) is 5.00. The largest absolute Gasteiger partial charge is 1.00 e. The van der Waals surface area contributed by atoms with Gasteiger partial charge >= 0.3 is 41.5 Å². The van der Waals surface area contributed by atoms with Crippen LogP contribution < -0.4 is 35.3 Å². The zero-order valence-corrected chi connectivity index (χ0v) is 17.1. The van der Waals surface area contributed by atoms with Crippen LogP contribution in [0.15, 0.2) is 0 Å². The van der Waals surface area contributed by atoms with Crippen LogP contribution in [0.25, 0.3) is 0 Å². The molecule has 0 rings (SSSR count). The van der Waals surface area contributed by atoms with E-state index in [1.165, 1.54) is 57.8 Å². The predicted octanol–water partition coefficient (Wildman–Crippen LogP) is 1.01. The Kier molecular flexibility index (Phi) is 26.4. The molecule has 132 valence electrons. The fourth-order valence-electron chi connectivity index (χ4n) is 1.89. The van der Waals surface area contributed by atoms with Crippen molar-refractivity contribution >= 4 is 11.9 Å². The Morgan fingerprint density at radius 3 is 1.74 bits per heavy atom. The van der Waals surface area contributed by atoms with Gasteiger partial charge in [0, 0.05) is 6.42 Å². The molecule has 0 aliphatic heterocycles. The number of carboxylic acid groups (broad SMARTS) is 2. The number of nitrogens with two attached hydrogens (primary N) is 1. The summed E-state index contributed by atoms with van der Waals surface area (Å²) in [4.78, 5) is 19.9. The number of carbonyl (C=O) groups is 2. The maximum Gasteiger partial charge on any atom is 1.00 e. The van der Waals surface area contributed by atoms with Crippen molar-refractivity contribution in [3.8, 4) is 0 Å². The van der Waals surface area contributed by atoms with E-state index in [0.717, 1.165) is 6.42 Å². The van der Waals surface area contributed by atoms with E-state index in [9.17, 15) is 9.59 Å². The van der Waals surface area contributed by atoms with Gasteiger partial charge in [0.1, 0.15) is 6.04 Å². The molecule has 0 amide bonds. The predicted molar refractivity (Wildman–Crippen MR) is 89.7 cm³/mol. The van der Waals surface area contributed by atoms with E-state index in [1.807, 2.05) is 0 Å². The second kappa shape index (κ2) is 21.9. The van der Waals surface area contributed by atoms with Gasteiger partial charge in [-0.3, -0.25) is 9.59 Å². The SMILES string of the molecule is NC(CCC(=O)O)C(=O)O.[CH2-]CCCCCCCCCCC.[Na+]. The number of aliphatic carboxylic acids is 2. The van der Waals surface area contributed by atoms with Crippen LogP contribution in [0, 0.1) is 6.92 Å². The molecule has 6 heteroatoms. The Hall–Kier alpha value is -0.100. The number of unbranched alkanes of at least 4 members (excludes halogenated alkanes) is 9. The average Bonchev–Trinajstić information content (AvgIpc) is 2.48. The summed E-state index contributed by atoms with van der Waals surface area (Å²) in [6, 6.07) is -1.06. The van der Waals surface area contributed by atoms with Crippen LogP contribution in [0.5, 0.6) is 0 Å². The second-order valence-corrected chi connectivity index (χ2v) is 5.56. The van der Waals surface area contributed by atoms with Gasteiger partial charge in [-0.15, -0.1) is 0 Å². The molecule has 0 saturated carbocycles. The smallest absolute Gasteiger partial charge is 0.481 e. The molecule has 23 heavy (non-hydrogen) atoms.